The molecule has 0 spiro atoms. The van der Waals surface area contributed by atoms with Crippen LogP contribution in [0.1, 0.15) is 38.7 Å². The van der Waals surface area contributed by atoms with E-state index in [9.17, 15) is 4.79 Å². The molecular formula is C17H23N5O. The smallest absolute Gasteiger partial charge is 0.274 e. The third-order valence-electron chi connectivity index (χ3n) is 3.53. The highest BCUT2D eigenvalue weighted by Gasteiger charge is 2.09. The van der Waals surface area contributed by atoms with Crippen LogP contribution in [0, 0.1) is 0 Å². The van der Waals surface area contributed by atoms with Crippen molar-refractivity contribution in [1.29, 1.82) is 0 Å². The summed E-state index contributed by atoms with van der Waals surface area (Å²) in [7, 11) is 0. The minimum atomic E-state index is -0.181. The second-order valence-electron chi connectivity index (χ2n) is 5.39. The second-order valence-corrected chi connectivity index (χ2v) is 5.39. The van der Waals surface area contributed by atoms with Gasteiger partial charge in [0.1, 0.15) is 0 Å². The van der Waals surface area contributed by atoms with Gasteiger partial charge >= 0.3 is 0 Å². The lowest BCUT2D eigenvalue weighted by Gasteiger charge is -2.09. The highest BCUT2D eigenvalue weighted by Crippen LogP contribution is 2.09. The number of nitrogens with one attached hydrogen (secondary N) is 2. The first-order chi connectivity index (χ1) is 11.0. The van der Waals surface area contributed by atoms with Crippen molar-refractivity contribution in [3.8, 4) is 0 Å². The van der Waals surface area contributed by atoms with Crippen molar-refractivity contribution in [1.82, 2.24) is 24.9 Å². The Kier molecular flexibility index (Phi) is 5.65. The Morgan fingerprint density at radius 3 is 2.96 bits per heavy atom. The van der Waals surface area contributed by atoms with E-state index in [0.717, 1.165) is 6.42 Å². The fourth-order valence-corrected chi connectivity index (χ4v) is 1.95. The summed E-state index contributed by atoms with van der Waals surface area (Å²) >= 11 is 0. The molecule has 122 valence electrons. The van der Waals surface area contributed by atoms with Crippen molar-refractivity contribution in [2.24, 2.45) is 0 Å². The Morgan fingerprint density at radius 1 is 1.48 bits per heavy atom. The van der Waals surface area contributed by atoms with Crippen molar-refractivity contribution >= 4 is 11.4 Å². The molecule has 2 aromatic heterocycles. The van der Waals surface area contributed by atoms with Crippen LogP contribution >= 0.6 is 0 Å². The maximum Gasteiger partial charge on any atom is 0.274 e. The second kappa shape index (κ2) is 7.69. The van der Waals surface area contributed by atoms with Crippen LogP contribution in [-0.2, 0) is 6.54 Å². The van der Waals surface area contributed by atoms with E-state index < -0.39 is 0 Å². The Bertz CT molecular complexity index is 797. The molecule has 1 unspecified atom stereocenters. The fraction of sp³-hybridized carbons (Fsp3) is 0.353. The summed E-state index contributed by atoms with van der Waals surface area (Å²) in [5.74, 6) is 0.886. The Labute approximate surface area is 135 Å². The van der Waals surface area contributed by atoms with Gasteiger partial charge in [0.25, 0.3) is 11.3 Å². The van der Waals surface area contributed by atoms with Crippen LogP contribution in [0.5, 0.6) is 0 Å². The van der Waals surface area contributed by atoms with Crippen molar-refractivity contribution in [2.45, 2.75) is 39.8 Å². The van der Waals surface area contributed by atoms with Crippen molar-refractivity contribution in [3.05, 3.63) is 58.8 Å². The minimum absolute atomic E-state index is 0.181. The molecule has 0 radical (unpaired) electrons. The number of allylic oxidation sites excluding steroid dienone is 5. The van der Waals surface area contributed by atoms with Gasteiger partial charge < -0.3 is 5.32 Å². The van der Waals surface area contributed by atoms with Gasteiger partial charge in [-0.3, -0.25) is 9.89 Å². The maximum atomic E-state index is 12.2. The zero-order valence-electron chi connectivity index (χ0n) is 13.8. The van der Waals surface area contributed by atoms with Crippen LogP contribution < -0.4 is 10.9 Å². The summed E-state index contributed by atoms with van der Waals surface area (Å²) < 4.78 is 1.33. The van der Waals surface area contributed by atoms with Crippen molar-refractivity contribution in [3.63, 3.8) is 0 Å². The third-order valence-corrected chi connectivity index (χ3v) is 3.53. The minimum Gasteiger partial charge on any atom is -0.309 e. The molecule has 2 aromatic rings. The predicted molar refractivity (Wildman–Crippen MR) is 93.2 cm³/mol. The average molecular weight is 313 g/mol. The molecule has 0 bridgehead atoms. The lowest BCUT2D eigenvalue weighted by molar-refractivity contribution is 0.528. The third kappa shape index (κ3) is 4.26. The Hall–Kier alpha value is -2.47. The lowest BCUT2D eigenvalue weighted by Crippen LogP contribution is -2.26. The van der Waals surface area contributed by atoms with Crippen LogP contribution in [0.2, 0.25) is 0 Å². The lowest BCUT2D eigenvalue weighted by atomic mass is 10.2. The maximum absolute atomic E-state index is 12.2. The Balaban J connectivity index is 2.27. The molecule has 1 atom stereocenters. The number of hydrogen-bond donors (Lipinski definition) is 2. The fourth-order valence-electron chi connectivity index (χ4n) is 1.95. The number of hydrogen-bond acceptors (Lipinski definition) is 4. The van der Waals surface area contributed by atoms with E-state index in [4.69, 9.17) is 0 Å². The summed E-state index contributed by atoms with van der Waals surface area (Å²) in [4.78, 5) is 20.9. The number of H-pyrrole nitrogens is 1. The van der Waals surface area contributed by atoms with E-state index in [1.165, 1.54) is 10.6 Å². The number of aromatic nitrogens is 4. The van der Waals surface area contributed by atoms with Crippen LogP contribution in [0.4, 0.5) is 0 Å². The highest BCUT2D eigenvalue weighted by molar-refractivity contribution is 5.68. The SMILES string of the molecule is C=C(/C=C\C=C/C)c1nc2nc(CNC(C)CC)cc(=O)n2[nH]1. The molecule has 6 heteroatoms. The van der Waals surface area contributed by atoms with E-state index in [2.05, 4.69) is 40.8 Å². The van der Waals surface area contributed by atoms with E-state index in [1.807, 2.05) is 31.2 Å². The average Bonchev–Trinajstić information content (AvgIpc) is 2.97. The normalized spacial score (nSPS) is 13.3. The molecule has 0 aliphatic heterocycles. The first kappa shape index (κ1) is 16.9. The summed E-state index contributed by atoms with van der Waals surface area (Å²) in [6.45, 7) is 10.6. The molecule has 0 fully saturated rings. The molecule has 0 aliphatic rings. The predicted octanol–water partition coefficient (Wildman–Crippen LogP) is 2.45. The van der Waals surface area contributed by atoms with E-state index in [-0.39, 0.29) is 5.56 Å². The molecule has 6 nitrogen and oxygen atoms in total. The topological polar surface area (TPSA) is 75.1 Å². The number of nitrogens with zero attached hydrogens (tertiary/aromatic N) is 3. The zero-order chi connectivity index (χ0) is 16.8. The van der Waals surface area contributed by atoms with E-state index in [0.29, 0.717) is 35.5 Å². The summed E-state index contributed by atoms with van der Waals surface area (Å²) in [6, 6.07) is 1.89. The van der Waals surface area contributed by atoms with Gasteiger partial charge in [-0.15, -0.1) is 0 Å². The first-order valence-electron chi connectivity index (χ1n) is 7.75. The summed E-state index contributed by atoms with van der Waals surface area (Å²) in [6.07, 6.45) is 8.54. The molecule has 23 heavy (non-hydrogen) atoms. The first-order valence-corrected chi connectivity index (χ1v) is 7.75. The van der Waals surface area contributed by atoms with Crippen LogP contribution in [0.25, 0.3) is 11.4 Å². The zero-order valence-corrected chi connectivity index (χ0v) is 13.8. The van der Waals surface area contributed by atoms with Crippen molar-refractivity contribution in [2.75, 3.05) is 0 Å². The molecule has 0 saturated carbocycles. The molecule has 2 rings (SSSR count). The van der Waals surface area contributed by atoms with Gasteiger partial charge in [-0.25, -0.2) is 4.98 Å². The van der Waals surface area contributed by atoms with Gasteiger partial charge in [0, 0.05) is 24.2 Å². The molecule has 0 amide bonds. The molecular weight excluding hydrogens is 290 g/mol. The standard InChI is InChI=1S/C17H23N5O/c1-5-7-8-9-12(3)16-20-17-19-14(11-18-13(4)6-2)10-15(23)22(17)21-16/h5,7-10,13,18H,3,6,11H2,1-2,4H3,(H,19,20,21)/b7-5-,9-8-. The van der Waals surface area contributed by atoms with Crippen LogP contribution in [-0.4, -0.2) is 25.6 Å². The number of fused-ring (bicyclic) bond motifs is 1. The summed E-state index contributed by atoms with van der Waals surface area (Å²) in [5, 5.41) is 6.25. The Morgan fingerprint density at radius 2 is 2.26 bits per heavy atom. The van der Waals surface area contributed by atoms with Crippen molar-refractivity contribution < 1.29 is 0 Å². The molecule has 0 aliphatic carbocycles. The van der Waals surface area contributed by atoms with Crippen LogP contribution in [0.15, 0.2) is 41.7 Å². The van der Waals surface area contributed by atoms with Gasteiger partial charge in [0.2, 0.25) is 0 Å². The van der Waals surface area contributed by atoms with Gasteiger partial charge in [-0.2, -0.15) is 9.50 Å². The number of aromatic amines is 1. The van der Waals surface area contributed by atoms with Crippen LogP contribution in [0.3, 0.4) is 0 Å². The molecule has 0 saturated heterocycles. The van der Waals surface area contributed by atoms with E-state index in [1.54, 1.807) is 0 Å². The molecule has 0 aromatic carbocycles. The summed E-state index contributed by atoms with van der Waals surface area (Å²) in [5.41, 5.74) is 1.19. The van der Waals surface area contributed by atoms with Gasteiger partial charge in [0.15, 0.2) is 5.82 Å². The largest absolute Gasteiger partial charge is 0.309 e. The molecule has 2 N–H and O–H groups in total. The van der Waals surface area contributed by atoms with Gasteiger partial charge in [-0.1, -0.05) is 37.8 Å². The number of rotatable bonds is 7. The highest BCUT2D eigenvalue weighted by atomic mass is 16.1. The monoisotopic (exact) mass is 313 g/mol. The molecule has 2 heterocycles. The van der Waals surface area contributed by atoms with Gasteiger partial charge in [-0.05, 0) is 20.3 Å². The van der Waals surface area contributed by atoms with E-state index >= 15 is 0 Å². The van der Waals surface area contributed by atoms with Gasteiger partial charge in [0.05, 0.1) is 5.69 Å². The quantitative estimate of drug-likeness (QED) is 0.770.